The minimum absolute atomic E-state index is 0.00629. The van der Waals surface area contributed by atoms with Crippen LogP contribution in [-0.2, 0) is 11.2 Å². The Balaban J connectivity index is 2.07. The molecule has 108 valence electrons. The normalized spacial score (nSPS) is 11.2. The molecule has 1 aromatic heterocycles. The lowest BCUT2D eigenvalue weighted by Gasteiger charge is -2.23. The maximum absolute atomic E-state index is 12.1. The number of hydrogen-bond donors (Lipinski definition) is 2. The first-order valence-electron chi connectivity index (χ1n) is 7.08. The van der Waals surface area contributed by atoms with Crippen LogP contribution in [-0.4, -0.2) is 40.6 Å². The highest BCUT2D eigenvalue weighted by molar-refractivity contribution is 5.83. The molecular weight excluding hydrogens is 252 g/mol. The quantitative estimate of drug-likeness (QED) is 0.848. The minimum atomic E-state index is -0.0375. The highest BCUT2D eigenvalue weighted by Gasteiger charge is 2.16. The topological polar surface area (TPSA) is 56.3 Å². The molecule has 0 aliphatic heterocycles. The average Bonchev–Trinajstić information content (AvgIpc) is 2.86. The van der Waals surface area contributed by atoms with Crippen LogP contribution in [0.2, 0.25) is 0 Å². The second-order valence-corrected chi connectivity index (χ2v) is 5.31. The molecule has 0 spiro atoms. The molecule has 0 fully saturated rings. The molecule has 0 saturated heterocycles. The highest BCUT2D eigenvalue weighted by Crippen LogP contribution is 2.18. The molecule has 2 N–H and O–H groups in total. The summed E-state index contributed by atoms with van der Waals surface area (Å²) < 4.78 is 0. The summed E-state index contributed by atoms with van der Waals surface area (Å²) in [7, 11) is 0. The molecular formula is C16H22N2O2. The lowest BCUT2D eigenvalue weighted by molar-refractivity contribution is -0.134. The van der Waals surface area contributed by atoms with Gasteiger partial charge < -0.3 is 15.0 Å². The van der Waals surface area contributed by atoms with E-state index in [9.17, 15) is 4.79 Å². The van der Waals surface area contributed by atoms with Crippen LogP contribution in [0.15, 0.2) is 30.5 Å². The Hall–Kier alpha value is -1.81. The number of aliphatic hydroxyl groups is 1. The van der Waals surface area contributed by atoms with E-state index in [-0.39, 0.29) is 18.4 Å². The molecule has 0 aliphatic rings. The Labute approximate surface area is 119 Å². The fraction of sp³-hybridized carbons (Fsp3) is 0.438. The zero-order valence-electron chi connectivity index (χ0n) is 12.1. The van der Waals surface area contributed by atoms with Gasteiger partial charge in [0.15, 0.2) is 0 Å². The molecule has 20 heavy (non-hydrogen) atoms. The number of benzene rings is 1. The number of H-pyrrole nitrogens is 1. The van der Waals surface area contributed by atoms with Gasteiger partial charge in [0.25, 0.3) is 0 Å². The van der Waals surface area contributed by atoms with Crippen LogP contribution >= 0.6 is 0 Å². The Morgan fingerprint density at radius 2 is 2.05 bits per heavy atom. The van der Waals surface area contributed by atoms with E-state index in [1.807, 2.05) is 38.2 Å². The third kappa shape index (κ3) is 3.20. The summed E-state index contributed by atoms with van der Waals surface area (Å²) >= 11 is 0. The van der Waals surface area contributed by atoms with Crippen molar-refractivity contribution in [1.29, 1.82) is 0 Å². The second-order valence-electron chi connectivity index (χ2n) is 5.31. The number of para-hydroxylation sites is 1. The number of fused-ring (bicyclic) bond motifs is 1. The van der Waals surface area contributed by atoms with Crippen molar-refractivity contribution in [2.45, 2.75) is 20.3 Å². The van der Waals surface area contributed by atoms with Crippen molar-refractivity contribution in [2.24, 2.45) is 5.92 Å². The van der Waals surface area contributed by atoms with E-state index in [0.29, 0.717) is 13.1 Å². The number of carbonyl (C=O) groups excluding carboxylic acids is 1. The van der Waals surface area contributed by atoms with Crippen LogP contribution < -0.4 is 0 Å². The molecule has 1 heterocycles. The van der Waals surface area contributed by atoms with Crippen LogP contribution in [0.3, 0.4) is 0 Å². The van der Waals surface area contributed by atoms with Crippen LogP contribution in [0.1, 0.15) is 19.4 Å². The smallest absolute Gasteiger partial charge is 0.225 e. The lowest BCUT2D eigenvalue weighted by Crippen LogP contribution is -2.37. The largest absolute Gasteiger partial charge is 0.395 e. The van der Waals surface area contributed by atoms with Gasteiger partial charge in [0.05, 0.1) is 6.61 Å². The van der Waals surface area contributed by atoms with Crippen molar-refractivity contribution in [3.8, 4) is 0 Å². The Morgan fingerprint density at radius 3 is 2.75 bits per heavy atom. The third-order valence-corrected chi connectivity index (χ3v) is 3.50. The number of aromatic amines is 1. The van der Waals surface area contributed by atoms with Gasteiger partial charge >= 0.3 is 0 Å². The van der Waals surface area contributed by atoms with Gasteiger partial charge in [-0.05, 0) is 18.1 Å². The standard InChI is InChI=1S/C16H22N2O2/c1-12(2)16(20)18(9-10-19)8-7-13-11-17-15-6-4-3-5-14(13)15/h3-6,11-12,17,19H,7-10H2,1-2H3. The molecule has 2 rings (SSSR count). The monoisotopic (exact) mass is 274 g/mol. The van der Waals surface area contributed by atoms with E-state index in [4.69, 9.17) is 5.11 Å². The Bertz CT molecular complexity index is 575. The van der Waals surface area contributed by atoms with E-state index < -0.39 is 0 Å². The summed E-state index contributed by atoms with van der Waals surface area (Å²) in [6, 6.07) is 8.15. The number of aliphatic hydroxyl groups excluding tert-OH is 1. The van der Waals surface area contributed by atoms with Gasteiger partial charge in [0.2, 0.25) is 5.91 Å². The average molecular weight is 274 g/mol. The molecule has 0 radical (unpaired) electrons. The van der Waals surface area contributed by atoms with Crippen LogP contribution in [0.4, 0.5) is 0 Å². The van der Waals surface area contributed by atoms with Gasteiger partial charge in [-0.1, -0.05) is 32.0 Å². The van der Waals surface area contributed by atoms with Gasteiger partial charge in [-0.25, -0.2) is 0 Å². The van der Waals surface area contributed by atoms with Gasteiger partial charge in [0.1, 0.15) is 0 Å². The van der Waals surface area contributed by atoms with Crippen LogP contribution in [0.25, 0.3) is 10.9 Å². The van der Waals surface area contributed by atoms with Gasteiger partial charge in [-0.2, -0.15) is 0 Å². The maximum atomic E-state index is 12.1. The first-order valence-corrected chi connectivity index (χ1v) is 7.08. The molecule has 0 atom stereocenters. The van der Waals surface area contributed by atoms with Crippen LogP contribution in [0.5, 0.6) is 0 Å². The molecule has 1 aromatic carbocycles. The van der Waals surface area contributed by atoms with E-state index in [1.54, 1.807) is 4.90 Å². The fourth-order valence-electron chi connectivity index (χ4n) is 2.41. The van der Waals surface area contributed by atoms with Gasteiger partial charge in [-0.15, -0.1) is 0 Å². The molecule has 0 unspecified atom stereocenters. The number of carbonyl (C=O) groups is 1. The minimum Gasteiger partial charge on any atom is -0.395 e. The highest BCUT2D eigenvalue weighted by atomic mass is 16.3. The predicted octanol–water partition coefficient (Wildman–Crippen LogP) is 2.19. The fourth-order valence-corrected chi connectivity index (χ4v) is 2.41. The lowest BCUT2D eigenvalue weighted by atomic mass is 10.1. The molecule has 4 heteroatoms. The van der Waals surface area contributed by atoms with Crippen molar-refractivity contribution in [3.05, 3.63) is 36.0 Å². The summed E-state index contributed by atoms with van der Waals surface area (Å²) in [6.45, 7) is 4.82. The van der Waals surface area contributed by atoms with Crippen molar-refractivity contribution in [1.82, 2.24) is 9.88 Å². The number of nitrogens with one attached hydrogen (secondary N) is 1. The van der Waals surface area contributed by atoms with Gasteiger partial charge in [0, 0.05) is 36.1 Å². The number of rotatable bonds is 6. The predicted molar refractivity (Wildman–Crippen MR) is 80.5 cm³/mol. The van der Waals surface area contributed by atoms with E-state index in [0.717, 1.165) is 11.9 Å². The molecule has 4 nitrogen and oxygen atoms in total. The summed E-state index contributed by atoms with van der Waals surface area (Å²) in [5.74, 6) is 0.0587. The first kappa shape index (κ1) is 14.6. The van der Waals surface area contributed by atoms with Crippen molar-refractivity contribution < 1.29 is 9.90 Å². The van der Waals surface area contributed by atoms with Gasteiger partial charge in [-0.3, -0.25) is 4.79 Å². The molecule has 2 aromatic rings. The Kier molecular flexibility index (Phi) is 4.79. The van der Waals surface area contributed by atoms with E-state index >= 15 is 0 Å². The summed E-state index contributed by atoms with van der Waals surface area (Å²) in [6.07, 6.45) is 2.80. The van der Waals surface area contributed by atoms with E-state index in [1.165, 1.54) is 10.9 Å². The zero-order chi connectivity index (χ0) is 14.5. The van der Waals surface area contributed by atoms with E-state index in [2.05, 4.69) is 11.1 Å². The number of aromatic nitrogens is 1. The zero-order valence-corrected chi connectivity index (χ0v) is 12.1. The molecule has 1 amide bonds. The summed E-state index contributed by atoms with van der Waals surface area (Å²) in [4.78, 5) is 17.0. The summed E-state index contributed by atoms with van der Waals surface area (Å²) in [5.41, 5.74) is 2.33. The SMILES string of the molecule is CC(C)C(=O)N(CCO)CCc1c[nH]c2ccccc12. The second kappa shape index (κ2) is 6.57. The third-order valence-electron chi connectivity index (χ3n) is 3.50. The summed E-state index contributed by atoms with van der Waals surface area (Å²) in [5, 5.41) is 10.3. The number of nitrogens with zero attached hydrogens (tertiary/aromatic N) is 1. The van der Waals surface area contributed by atoms with Crippen molar-refractivity contribution in [3.63, 3.8) is 0 Å². The maximum Gasteiger partial charge on any atom is 0.225 e. The molecule has 0 bridgehead atoms. The first-order chi connectivity index (χ1) is 9.63. The Morgan fingerprint density at radius 1 is 1.30 bits per heavy atom. The number of amides is 1. The van der Waals surface area contributed by atoms with Crippen LogP contribution in [0, 0.1) is 5.92 Å². The number of hydrogen-bond acceptors (Lipinski definition) is 2. The molecule has 0 saturated carbocycles. The van der Waals surface area contributed by atoms with Crippen molar-refractivity contribution >= 4 is 16.8 Å². The van der Waals surface area contributed by atoms with Crippen molar-refractivity contribution in [2.75, 3.05) is 19.7 Å². The molecule has 0 aliphatic carbocycles.